The summed E-state index contributed by atoms with van der Waals surface area (Å²) in [5.74, 6) is 1.87. The van der Waals surface area contributed by atoms with Crippen LogP contribution < -0.4 is 5.32 Å². The summed E-state index contributed by atoms with van der Waals surface area (Å²) in [7, 11) is 0. The molecule has 0 radical (unpaired) electrons. The van der Waals surface area contributed by atoms with Gasteiger partial charge in [-0.05, 0) is 44.9 Å². The van der Waals surface area contributed by atoms with Gasteiger partial charge in [-0.25, -0.2) is 0 Å². The Morgan fingerprint density at radius 2 is 1.80 bits per heavy atom. The third-order valence-electron chi connectivity index (χ3n) is 6.51. The van der Waals surface area contributed by atoms with Crippen LogP contribution in [0.2, 0.25) is 0 Å². The van der Waals surface area contributed by atoms with Gasteiger partial charge in [-0.3, -0.25) is 9.89 Å². The lowest BCUT2D eigenvalue weighted by molar-refractivity contribution is 0.0315. The molecule has 3 rings (SSSR count). The number of halogens is 1. The number of hydrogen-bond acceptors (Lipinski definition) is 4. The second kappa shape index (κ2) is 15.6. The largest absolute Gasteiger partial charge is 0.379 e. The van der Waals surface area contributed by atoms with Gasteiger partial charge in [-0.15, -0.1) is 24.0 Å². The maximum atomic E-state index is 6.12. The zero-order chi connectivity index (χ0) is 20.2. The van der Waals surface area contributed by atoms with E-state index in [2.05, 4.69) is 22.0 Å². The molecule has 0 aromatic heterocycles. The van der Waals surface area contributed by atoms with Gasteiger partial charge in [0.2, 0.25) is 0 Å². The molecule has 176 valence electrons. The molecule has 0 aromatic rings. The van der Waals surface area contributed by atoms with Crippen LogP contribution in [0.5, 0.6) is 0 Å². The van der Waals surface area contributed by atoms with Crippen LogP contribution in [0.1, 0.15) is 64.7 Å². The van der Waals surface area contributed by atoms with E-state index in [1.165, 1.54) is 51.5 Å². The Morgan fingerprint density at radius 3 is 2.53 bits per heavy atom. The summed E-state index contributed by atoms with van der Waals surface area (Å²) in [4.78, 5) is 9.95. The zero-order valence-corrected chi connectivity index (χ0v) is 21.5. The summed E-state index contributed by atoms with van der Waals surface area (Å²) < 4.78 is 11.6. The molecule has 1 saturated carbocycles. The molecule has 1 N–H and O–H groups in total. The molecule has 0 spiro atoms. The van der Waals surface area contributed by atoms with Crippen molar-refractivity contribution < 1.29 is 9.47 Å². The molecular formula is C23H45IN4O2. The van der Waals surface area contributed by atoms with E-state index in [1.807, 2.05) is 0 Å². The van der Waals surface area contributed by atoms with Gasteiger partial charge in [0.05, 0.1) is 19.3 Å². The lowest BCUT2D eigenvalue weighted by atomic mass is 10.1. The number of unbranched alkanes of at least 4 members (excludes halogenated alkanes) is 1. The number of hydrogen-bond donors (Lipinski definition) is 1. The first kappa shape index (κ1) is 26.1. The van der Waals surface area contributed by atoms with E-state index < -0.39 is 0 Å². The summed E-state index contributed by atoms with van der Waals surface area (Å²) in [5, 5.41) is 3.51. The maximum absolute atomic E-state index is 6.12. The van der Waals surface area contributed by atoms with Crippen molar-refractivity contribution in [2.45, 2.75) is 70.8 Å². The third kappa shape index (κ3) is 9.57. The molecule has 1 aliphatic carbocycles. The van der Waals surface area contributed by atoms with Crippen LogP contribution in [-0.2, 0) is 9.47 Å². The first-order valence-electron chi connectivity index (χ1n) is 12.3. The quantitative estimate of drug-likeness (QED) is 0.160. The summed E-state index contributed by atoms with van der Waals surface area (Å²) in [6.45, 7) is 12.4. The Balaban J connectivity index is 0.00000320. The van der Waals surface area contributed by atoms with Crippen LogP contribution in [0, 0.1) is 5.92 Å². The molecule has 0 amide bonds. The van der Waals surface area contributed by atoms with Crippen LogP contribution in [0.4, 0.5) is 0 Å². The molecule has 2 heterocycles. The van der Waals surface area contributed by atoms with Crippen molar-refractivity contribution in [2.24, 2.45) is 10.9 Å². The van der Waals surface area contributed by atoms with Crippen molar-refractivity contribution in [1.29, 1.82) is 0 Å². The molecule has 1 unspecified atom stereocenters. The minimum Gasteiger partial charge on any atom is -0.379 e. The average molecular weight is 537 g/mol. The normalized spacial score (nSPS) is 24.5. The highest BCUT2D eigenvalue weighted by atomic mass is 127. The minimum absolute atomic E-state index is 0. The highest BCUT2D eigenvalue weighted by Gasteiger charge is 2.27. The Labute approximate surface area is 201 Å². The molecule has 3 fully saturated rings. The van der Waals surface area contributed by atoms with Gasteiger partial charge in [-0.1, -0.05) is 25.7 Å². The molecule has 0 bridgehead atoms. The zero-order valence-electron chi connectivity index (χ0n) is 19.2. The van der Waals surface area contributed by atoms with Gasteiger partial charge in [0.1, 0.15) is 0 Å². The summed E-state index contributed by atoms with van der Waals surface area (Å²) in [6.07, 6.45) is 12.1. The van der Waals surface area contributed by atoms with E-state index in [0.717, 1.165) is 83.8 Å². The van der Waals surface area contributed by atoms with Gasteiger partial charge in [0.15, 0.2) is 5.96 Å². The number of aliphatic imine (C=N–C) groups is 1. The number of guanidine groups is 1. The average Bonchev–Trinajstić information content (AvgIpc) is 3.04. The van der Waals surface area contributed by atoms with Gasteiger partial charge in [0, 0.05) is 52.4 Å². The third-order valence-corrected chi connectivity index (χ3v) is 6.51. The van der Waals surface area contributed by atoms with Crippen LogP contribution >= 0.6 is 24.0 Å². The first-order valence-corrected chi connectivity index (χ1v) is 12.3. The maximum Gasteiger partial charge on any atom is 0.193 e. The van der Waals surface area contributed by atoms with E-state index in [-0.39, 0.29) is 24.0 Å². The van der Waals surface area contributed by atoms with E-state index in [9.17, 15) is 0 Å². The Kier molecular flexibility index (Phi) is 13.6. The predicted molar refractivity (Wildman–Crippen MR) is 135 cm³/mol. The van der Waals surface area contributed by atoms with E-state index in [4.69, 9.17) is 14.5 Å². The molecule has 0 aromatic carbocycles. The molecule has 2 saturated heterocycles. The lowest BCUT2D eigenvalue weighted by Crippen LogP contribution is -2.42. The summed E-state index contributed by atoms with van der Waals surface area (Å²) in [5.41, 5.74) is 0. The van der Waals surface area contributed by atoms with Gasteiger partial charge >= 0.3 is 0 Å². The number of likely N-dealkylation sites (tertiary alicyclic amines) is 1. The van der Waals surface area contributed by atoms with Crippen LogP contribution in [0.15, 0.2) is 4.99 Å². The van der Waals surface area contributed by atoms with Crippen molar-refractivity contribution in [3.8, 4) is 0 Å². The molecular weight excluding hydrogens is 491 g/mol. The minimum atomic E-state index is 0. The molecule has 3 aliphatic rings. The fraction of sp³-hybridized carbons (Fsp3) is 0.957. The second-order valence-electron chi connectivity index (χ2n) is 8.94. The fourth-order valence-corrected chi connectivity index (χ4v) is 4.81. The Bertz CT molecular complexity index is 466. The highest BCUT2D eigenvalue weighted by Crippen LogP contribution is 2.20. The molecule has 2 aliphatic heterocycles. The monoisotopic (exact) mass is 536 g/mol. The Hall–Kier alpha value is -0.120. The molecule has 1 atom stereocenters. The van der Waals surface area contributed by atoms with Crippen molar-refractivity contribution in [1.82, 2.24) is 15.1 Å². The van der Waals surface area contributed by atoms with Gasteiger partial charge in [0.25, 0.3) is 0 Å². The molecule has 30 heavy (non-hydrogen) atoms. The Morgan fingerprint density at radius 1 is 1.03 bits per heavy atom. The first-order chi connectivity index (χ1) is 14.3. The van der Waals surface area contributed by atoms with Crippen LogP contribution in [-0.4, -0.2) is 87.5 Å². The second-order valence-corrected chi connectivity index (χ2v) is 8.94. The lowest BCUT2D eigenvalue weighted by Gasteiger charge is -2.29. The van der Waals surface area contributed by atoms with Crippen molar-refractivity contribution in [3.63, 3.8) is 0 Å². The number of nitrogens with zero attached hydrogens (tertiary/aromatic N) is 3. The number of rotatable bonds is 9. The van der Waals surface area contributed by atoms with Crippen molar-refractivity contribution in [2.75, 3.05) is 65.6 Å². The summed E-state index contributed by atoms with van der Waals surface area (Å²) in [6, 6.07) is 0. The van der Waals surface area contributed by atoms with E-state index >= 15 is 0 Å². The fourth-order valence-electron chi connectivity index (χ4n) is 4.81. The van der Waals surface area contributed by atoms with E-state index in [0.29, 0.717) is 6.10 Å². The molecule has 7 heteroatoms. The van der Waals surface area contributed by atoms with Gasteiger partial charge in [-0.2, -0.15) is 0 Å². The summed E-state index contributed by atoms with van der Waals surface area (Å²) >= 11 is 0. The van der Waals surface area contributed by atoms with Gasteiger partial charge < -0.3 is 19.7 Å². The van der Waals surface area contributed by atoms with Crippen LogP contribution in [0.25, 0.3) is 0 Å². The van der Waals surface area contributed by atoms with Crippen LogP contribution in [0.3, 0.4) is 0 Å². The number of nitrogens with one attached hydrogen (secondary N) is 1. The number of morpholine rings is 1. The smallest absolute Gasteiger partial charge is 0.193 e. The highest BCUT2D eigenvalue weighted by molar-refractivity contribution is 14.0. The van der Waals surface area contributed by atoms with E-state index in [1.54, 1.807) is 0 Å². The topological polar surface area (TPSA) is 49.3 Å². The predicted octanol–water partition coefficient (Wildman–Crippen LogP) is 3.74. The molecule has 6 nitrogen and oxygen atoms in total. The SMILES string of the molecule is CCNC(=NCCCCOC1CCCCCC1)N1CCC(CN2CCOCC2)C1.I. The van der Waals surface area contributed by atoms with Crippen molar-refractivity contribution in [3.05, 3.63) is 0 Å². The number of ether oxygens (including phenoxy) is 2. The standard InChI is InChI=1S/C23H44N4O2.HI/c1-2-24-23(25-12-7-8-16-29-22-9-5-3-4-6-10-22)27-13-11-21(20-27)19-26-14-17-28-18-15-26;/h21-22H,2-20H2,1H3,(H,24,25);1H. The van der Waals surface area contributed by atoms with Crippen molar-refractivity contribution >= 4 is 29.9 Å².